The zero-order valence-corrected chi connectivity index (χ0v) is 18.8. The number of aromatic nitrogens is 2. The van der Waals surface area contributed by atoms with Gasteiger partial charge in [-0.1, -0.05) is 59.0 Å². The molecule has 0 saturated heterocycles. The summed E-state index contributed by atoms with van der Waals surface area (Å²) in [7, 11) is 1.97. The molecule has 0 amide bonds. The Kier molecular flexibility index (Phi) is 5.43. The SMILES string of the molecule is C=C1C(C)=CC(c2nc3cc(Cl)c(Cl)cc3n2Cc2ccc(Cl)c(Cl)c2)=CN1C. The Labute approximate surface area is 189 Å². The van der Waals surface area contributed by atoms with Gasteiger partial charge in [-0.05, 0) is 48.4 Å². The average molecular weight is 465 g/mol. The minimum atomic E-state index is 0.472. The van der Waals surface area contributed by atoms with Gasteiger partial charge in [0, 0.05) is 31.1 Å². The van der Waals surface area contributed by atoms with E-state index in [9.17, 15) is 0 Å². The van der Waals surface area contributed by atoms with Crippen molar-refractivity contribution in [2.24, 2.45) is 0 Å². The average Bonchev–Trinajstić information content (AvgIpc) is 3.00. The topological polar surface area (TPSA) is 21.1 Å². The molecule has 0 atom stereocenters. The van der Waals surface area contributed by atoms with Crippen molar-refractivity contribution in [1.29, 1.82) is 0 Å². The van der Waals surface area contributed by atoms with Crippen LogP contribution in [0.5, 0.6) is 0 Å². The van der Waals surface area contributed by atoms with Gasteiger partial charge in [-0.3, -0.25) is 0 Å². The molecule has 148 valence electrons. The van der Waals surface area contributed by atoms with Gasteiger partial charge in [-0.25, -0.2) is 4.98 Å². The Hall–Kier alpha value is -1.91. The highest BCUT2D eigenvalue weighted by atomic mass is 35.5. The number of benzene rings is 2. The van der Waals surface area contributed by atoms with Crippen molar-refractivity contribution in [3.8, 4) is 0 Å². The molecule has 0 aliphatic carbocycles. The molecule has 0 fully saturated rings. The van der Waals surface area contributed by atoms with Crippen molar-refractivity contribution < 1.29 is 0 Å². The van der Waals surface area contributed by atoms with Crippen molar-refractivity contribution in [2.45, 2.75) is 13.5 Å². The second kappa shape index (κ2) is 7.73. The fourth-order valence-corrected chi connectivity index (χ4v) is 4.00. The van der Waals surface area contributed by atoms with Crippen LogP contribution in [0, 0.1) is 0 Å². The maximum Gasteiger partial charge on any atom is 0.142 e. The van der Waals surface area contributed by atoms with E-state index in [-0.39, 0.29) is 0 Å². The molecule has 29 heavy (non-hydrogen) atoms. The van der Waals surface area contributed by atoms with Crippen molar-refractivity contribution in [2.75, 3.05) is 7.05 Å². The first-order valence-electron chi connectivity index (χ1n) is 8.86. The van der Waals surface area contributed by atoms with Crippen LogP contribution < -0.4 is 0 Å². The van der Waals surface area contributed by atoms with Crippen LogP contribution in [0.3, 0.4) is 0 Å². The van der Waals surface area contributed by atoms with Crippen molar-refractivity contribution >= 4 is 63.0 Å². The van der Waals surface area contributed by atoms with Crippen LogP contribution in [0.25, 0.3) is 16.6 Å². The molecular formula is C22H17Cl4N3. The van der Waals surface area contributed by atoms with Crippen molar-refractivity contribution in [3.63, 3.8) is 0 Å². The van der Waals surface area contributed by atoms with E-state index in [2.05, 4.69) is 17.2 Å². The van der Waals surface area contributed by atoms with Gasteiger partial charge in [-0.2, -0.15) is 0 Å². The van der Waals surface area contributed by atoms with Gasteiger partial charge < -0.3 is 9.47 Å². The first kappa shape index (κ1) is 20.4. The molecular weight excluding hydrogens is 448 g/mol. The Morgan fingerprint density at radius 3 is 2.34 bits per heavy atom. The molecule has 0 N–H and O–H groups in total. The van der Waals surface area contributed by atoms with Crippen LogP contribution >= 0.6 is 46.4 Å². The van der Waals surface area contributed by atoms with Crippen LogP contribution in [0.15, 0.2) is 60.5 Å². The van der Waals surface area contributed by atoms with E-state index in [0.717, 1.165) is 39.3 Å². The number of imidazole rings is 1. The second-order valence-corrected chi connectivity index (χ2v) is 8.62. The third-order valence-electron chi connectivity index (χ3n) is 4.96. The van der Waals surface area contributed by atoms with Crippen LogP contribution in [0.4, 0.5) is 0 Å². The molecule has 0 radical (unpaired) electrons. The van der Waals surface area contributed by atoms with E-state index < -0.39 is 0 Å². The zero-order valence-electron chi connectivity index (χ0n) is 15.8. The fourth-order valence-electron chi connectivity index (χ4n) is 3.36. The largest absolute Gasteiger partial charge is 0.351 e. The highest BCUT2D eigenvalue weighted by Crippen LogP contribution is 2.34. The lowest BCUT2D eigenvalue weighted by atomic mass is 10.1. The summed E-state index contributed by atoms with van der Waals surface area (Å²) in [4.78, 5) is 6.85. The number of hydrogen-bond acceptors (Lipinski definition) is 2. The van der Waals surface area contributed by atoms with Crippen LogP contribution in [0.2, 0.25) is 20.1 Å². The molecule has 0 saturated carbocycles. The fraction of sp³-hybridized carbons (Fsp3) is 0.136. The number of halogens is 4. The maximum absolute atomic E-state index is 6.31. The lowest BCUT2D eigenvalue weighted by Crippen LogP contribution is -2.16. The summed E-state index contributed by atoms with van der Waals surface area (Å²) in [6.07, 6.45) is 4.10. The molecule has 0 unspecified atom stereocenters. The smallest absolute Gasteiger partial charge is 0.142 e. The van der Waals surface area contributed by atoms with Gasteiger partial charge in [0.2, 0.25) is 0 Å². The molecule has 3 aromatic rings. The summed E-state index contributed by atoms with van der Waals surface area (Å²) in [6, 6.07) is 9.24. The normalized spacial score (nSPS) is 14.4. The quantitative estimate of drug-likeness (QED) is 0.401. The number of fused-ring (bicyclic) bond motifs is 1. The van der Waals surface area contributed by atoms with Gasteiger partial charge in [0.05, 0.1) is 31.1 Å². The first-order valence-corrected chi connectivity index (χ1v) is 10.4. The summed E-state index contributed by atoms with van der Waals surface area (Å²) in [5, 5.41) is 1.99. The molecule has 2 heterocycles. The molecule has 3 nitrogen and oxygen atoms in total. The summed E-state index contributed by atoms with van der Waals surface area (Å²) in [5.41, 5.74) is 5.66. The lowest BCUT2D eigenvalue weighted by Gasteiger charge is -2.24. The summed E-state index contributed by atoms with van der Waals surface area (Å²) < 4.78 is 2.11. The molecule has 2 aromatic carbocycles. The van der Waals surface area contributed by atoms with E-state index >= 15 is 0 Å². The van der Waals surface area contributed by atoms with E-state index in [1.54, 1.807) is 12.1 Å². The molecule has 1 aliphatic heterocycles. The number of rotatable bonds is 3. The van der Waals surface area contributed by atoms with Gasteiger partial charge in [0.1, 0.15) is 5.82 Å². The molecule has 0 bridgehead atoms. The summed E-state index contributed by atoms with van der Waals surface area (Å²) in [5.74, 6) is 0.808. The number of nitrogens with zero attached hydrogens (tertiary/aromatic N) is 3. The molecule has 1 aromatic heterocycles. The van der Waals surface area contributed by atoms with Crippen LogP contribution in [-0.4, -0.2) is 21.5 Å². The van der Waals surface area contributed by atoms with Crippen LogP contribution in [-0.2, 0) is 6.54 Å². The zero-order chi connectivity index (χ0) is 20.9. The Balaban J connectivity index is 1.92. The minimum Gasteiger partial charge on any atom is -0.351 e. The van der Waals surface area contributed by atoms with Crippen molar-refractivity contribution in [3.05, 3.63) is 91.9 Å². The Bertz CT molecular complexity index is 1220. The Morgan fingerprint density at radius 1 is 0.966 bits per heavy atom. The third-order valence-corrected chi connectivity index (χ3v) is 6.42. The molecule has 7 heteroatoms. The minimum absolute atomic E-state index is 0.472. The van der Waals surface area contributed by atoms with Gasteiger partial charge in [0.25, 0.3) is 0 Å². The van der Waals surface area contributed by atoms with E-state index in [4.69, 9.17) is 51.4 Å². The van der Waals surface area contributed by atoms with E-state index in [0.29, 0.717) is 26.6 Å². The molecule has 0 spiro atoms. The van der Waals surface area contributed by atoms with E-state index in [1.165, 1.54) is 0 Å². The standard InChI is InChI=1S/C22H17Cl4N3/c1-12-6-15(11-28(3)13(12)2)22-27-20-8-18(25)19(26)9-21(20)29(22)10-14-4-5-16(23)17(24)7-14/h4-9,11H,2,10H2,1,3H3. The van der Waals surface area contributed by atoms with Gasteiger partial charge in [-0.15, -0.1) is 0 Å². The second-order valence-electron chi connectivity index (χ2n) is 6.99. The molecule has 1 aliphatic rings. The summed E-state index contributed by atoms with van der Waals surface area (Å²) >= 11 is 24.9. The monoisotopic (exact) mass is 463 g/mol. The Morgan fingerprint density at radius 2 is 1.66 bits per heavy atom. The maximum atomic E-state index is 6.31. The summed E-state index contributed by atoms with van der Waals surface area (Å²) in [6.45, 7) is 6.69. The predicted molar refractivity (Wildman–Crippen MR) is 124 cm³/mol. The highest BCUT2D eigenvalue weighted by Gasteiger charge is 2.20. The number of hydrogen-bond donors (Lipinski definition) is 0. The first-order chi connectivity index (χ1) is 13.7. The lowest BCUT2D eigenvalue weighted by molar-refractivity contribution is 0.577. The third kappa shape index (κ3) is 3.80. The predicted octanol–water partition coefficient (Wildman–Crippen LogP) is 7.44. The highest BCUT2D eigenvalue weighted by molar-refractivity contribution is 6.43. The van der Waals surface area contributed by atoms with Crippen LogP contribution in [0.1, 0.15) is 18.3 Å². The molecule has 4 rings (SSSR count). The van der Waals surface area contributed by atoms with Gasteiger partial charge in [0.15, 0.2) is 0 Å². The number of allylic oxidation sites excluding steroid dienone is 3. The van der Waals surface area contributed by atoms with E-state index in [1.807, 2.05) is 43.3 Å². The van der Waals surface area contributed by atoms with Crippen molar-refractivity contribution in [1.82, 2.24) is 14.5 Å². The number of likely N-dealkylation sites (N-methyl/N-ethyl adjacent to an activating group) is 1. The van der Waals surface area contributed by atoms with Gasteiger partial charge >= 0.3 is 0 Å².